The molecule has 3 saturated carbocycles. The summed E-state index contributed by atoms with van der Waals surface area (Å²) in [7, 11) is 0. The van der Waals surface area contributed by atoms with Crippen LogP contribution < -0.4 is 0 Å². The Morgan fingerprint density at radius 3 is 1.36 bits per heavy atom. The fourth-order valence-electron chi connectivity index (χ4n) is 3.82. The Kier molecular flexibility index (Phi) is 5.87. The Bertz CT molecular complexity index is 356. The molecule has 3 fully saturated rings. The minimum absolute atomic E-state index is 0.186. The monoisotopic (exact) mass is 310 g/mol. The van der Waals surface area contributed by atoms with E-state index in [1.807, 2.05) is 27.7 Å². The van der Waals surface area contributed by atoms with E-state index in [9.17, 15) is 9.59 Å². The predicted octanol–water partition coefficient (Wildman–Crippen LogP) is 3.44. The van der Waals surface area contributed by atoms with Crippen LogP contribution in [-0.2, 0) is 19.1 Å². The predicted molar refractivity (Wildman–Crippen MR) is 84.0 cm³/mol. The Hall–Kier alpha value is -1.06. The van der Waals surface area contributed by atoms with E-state index in [2.05, 4.69) is 0 Å². The summed E-state index contributed by atoms with van der Waals surface area (Å²) >= 11 is 0. The summed E-state index contributed by atoms with van der Waals surface area (Å²) in [5.41, 5.74) is 0. The Morgan fingerprint density at radius 1 is 0.773 bits per heavy atom. The lowest BCUT2D eigenvalue weighted by atomic mass is 9.58. The Balaban J connectivity index is 2.06. The number of hydrogen-bond donors (Lipinski definition) is 0. The highest BCUT2D eigenvalue weighted by Crippen LogP contribution is 2.49. The van der Waals surface area contributed by atoms with Crippen molar-refractivity contribution < 1.29 is 19.1 Å². The van der Waals surface area contributed by atoms with Crippen molar-refractivity contribution >= 4 is 11.9 Å². The SMILES string of the molecule is CC(C)COC(=O)[C@H]1C2CCC(CC2)[C@@H]1C(=O)OCC(C)C. The van der Waals surface area contributed by atoms with E-state index in [1.165, 1.54) is 0 Å². The zero-order chi connectivity index (χ0) is 16.3. The molecular weight excluding hydrogens is 280 g/mol. The van der Waals surface area contributed by atoms with E-state index < -0.39 is 0 Å². The summed E-state index contributed by atoms with van der Waals surface area (Å²) in [6, 6.07) is 0. The molecule has 126 valence electrons. The van der Waals surface area contributed by atoms with Gasteiger partial charge in [0.2, 0.25) is 0 Å². The second-order valence-corrected chi connectivity index (χ2v) is 7.77. The maximum absolute atomic E-state index is 12.5. The third-order valence-electron chi connectivity index (χ3n) is 4.88. The molecule has 0 aromatic rings. The lowest BCUT2D eigenvalue weighted by Gasteiger charge is -2.45. The van der Waals surface area contributed by atoms with Crippen LogP contribution >= 0.6 is 0 Å². The van der Waals surface area contributed by atoms with Gasteiger partial charge in [-0.15, -0.1) is 0 Å². The number of esters is 2. The van der Waals surface area contributed by atoms with Crippen molar-refractivity contribution in [2.24, 2.45) is 35.5 Å². The molecule has 0 amide bonds. The molecule has 22 heavy (non-hydrogen) atoms. The number of carbonyl (C=O) groups is 2. The second-order valence-electron chi connectivity index (χ2n) is 7.77. The first-order valence-electron chi connectivity index (χ1n) is 8.73. The molecule has 2 bridgehead atoms. The lowest BCUT2D eigenvalue weighted by Crippen LogP contribution is -2.48. The third-order valence-corrected chi connectivity index (χ3v) is 4.88. The van der Waals surface area contributed by atoms with Crippen LogP contribution in [-0.4, -0.2) is 25.2 Å². The quantitative estimate of drug-likeness (QED) is 0.705. The topological polar surface area (TPSA) is 52.6 Å². The number of ether oxygens (including phenoxy) is 2. The van der Waals surface area contributed by atoms with Crippen LogP contribution in [0.25, 0.3) is 0 Å². The first kappa shape index (κ1) is 17.3. The average molecular weight is 310 g/mol. The molecule has 2 atom stereocenters. The molecule has 3 aliphatic carbocycles. The standard InChI is InChI=1S/C18H30O4/c1-11(2)9-21-17(19)15-13-5-7-14(8-6-13)16(15)18(20)22-10-12(3)4/h11-16H,5-10H2,1-4H3/t13?,14?,15-,16-/m0/s1. The van der Waals surface area contributed by atoms with Crippen LogP contribution in [0, 0.1) is 35.5 Å². The van der Waals surface area contributed by atoms with Crippen molar-refractivity contribution in [1.82, 2.24) is 0 Å². The fraction of sp³-hybridized carbons (Fsp3) is 0.889. The fourth-order valence-corrected chi connectivity index (χ4v) is 3.82. The number of fused-ring (bicyclic) bond motifs is 3. The van der Waals surface area contributed by atoms with Gasteiger partial charge < -0.3 is 9.47 Å². The number of rotatable bonds is 6. The smallest absolute Gasteiger partial charge is 0.310 e. The van der Waals surface area contributed by atoms with Gasteiger partial charge in [0.05, 0.1) is 25.0 Å². The van der Waals surface area contributed by atoms with Crippen LogP contribution in [0.2, 0.25) is 0 Å². The molecule has 0 saturated heterocycles. The molecule has 4 heteroatoms. The van der Waals surface area contributed by atoms with Crippen molar-refractivity contribution in [1.29, 1.82) is 0 Å². The minimum atomic E-state index is -0.286. The molecule has 4 nitrogen and oxygen atoms in total. The van der Waals surface area contributed by atoms with Gasteiger partial charge in [-0.2, -0.15) is 0 Å². The average Bonchev–Trinajstić information content (AvgIpc) is 2.50. The van der Waals surface area contributed by atoms with Gasteiger partial charge >= 0.3 is 11.9 Å². The summed E-state index contributed by atoms with van der Waals surface area (Å²) in [6.07, 6.45) is 4.17. The highest BCUT2D eigenvalue weighted by molar-refractivity contribution is 5.83. The highest BCUT2D eigenvalue weighted by Gasteiger charge is 2.51. The van der Waals surface area contributed by atoms with Gasteiger partial charge in [0.1, 0.15) is 0 Å². The van der Waals surface area contributed by atoms with Gasteiger partial charge in [-0.3, -0.25) is 9.59 Å². The van der Waals surface area contributed by atoms with Crippen molar-refractivity contribution in [2.75, 3.05) is 13.2 Å². The lowest BCUT2D eigenvalue weighted by molar-refractivity contribution is -0.174. The van der Waals surface area contributed by atoms with Crippen molar-refractivity contribution in [3.8, 4) is 0 Å². The molecule has 0 N–H and O–H groups in total. The maximum Gasteiger partial charge on any atom is 0.310 e. The van der Waals surface area contributed by atoms with Gasteiger partial charge in [-0.05, 0) is 49.4 Å². The highest BCUT2D eigenvalue weighted by atomic mass is 16.5. The largest absolute Gasteiger partial charge is 0.465 e. The zero-order valence-electron chi connectivity index (χ0n) is 14.3. The maximum atomic E-state index is 12.5. The van der Waals surface area contributed by atoms with Crippen molar-refractivity contribution in [3.63, 3.8) is 0 Å². The van der Waals surface area contributed by atoms with Gasteiger partial charge in [0, 0.05) is 0 Å². The summed E-state index contributed by atoms with van der Waals surface area (Å²) in [6.45, 7) is 8.95. The molecular formula is C18H30O4. The number of hydrogen-bond acceptors (Lipinski definition) is 4. The molecule has 0 spiro atoms. The second kappa shape index (κ2) is 7.47. The molecule has 3 rings (SSSR count). The Morgan fingerprint density at radius 2 is 1.09 bits per heavy atom. The van der Waals surface area contributed by atoms with Crippen molar-refractivity contribution in [3.05, 3.63) is 0 Å². The van der Waals surface area contributed by atoms with Crippen LogP contribution in [0.5, 0.6) is 0 Å². The molecule has 0 heterocycles. The van der Waals surface area contributed by atoms with E-state index in [4.69, 9.17) is 9.47 Å². The van der Waals surface area contributed by atoms with Crippen LogP contribution in [0.4, 0.5) is 0 Å². The number of carbonyl (C=O) groups excluding carboxylic acids is 2. The van der Waals surface area contributed by atoms with E-state index in [-0.39, 0.29) is 23.8 Å². The molecule has 0 aromatic heterocycles. The van der Waals surface area contributed by atoms with Crippen molar-refractivity contribution in [2.45, 2.75) is 53.4 Å². The molecule has 0 unspecified atom stereocenters. The normalized spacial score (nSPS) is 30.6. The van der Waals surface area contributed by atoms with Gasteiger partial charge in [0.25, 0.3) is 0 Å². The Labute approximate surface area is 133 Å². The van der Waals surface area contributed by atoms with E-state index in [0.29, 0.717) is 36.9 Å². The summed E-state index contributed by atoms with van der Waals surface area (Å²) in [4.78, 5) is 25.0. The van der Waals surface area contributed by atoms with E-state index >= 15 is 0 Å². The molecule has 0 aromatic carbocycles. The molecule has 0 radical (unpaired) electrons. The van der Waals surface area contributed by atoms with Gasteiger partial charge in [-0.25, -0.2) is 0 Å². The van der Waals surface area contributed by atoms with Crippen LogP contribution in [0.3, 0.4) is 0 Å². The molecule has 3 aliphatic rings. The third kappa shape index (κ3) is 4.02. The van der Waals surface area contributed by atoms with E-state index in [1.54, 1.807) is 0 Å². The summed E-state index contributed by atoms with van der Waals surface area (Å²) in [5.74, 6) is 0.274. The van der Waals surface area contributed by atoms with Crippen LogP contribution in [0.15, 0.2) is 0 Å². The van der Waals surface area contributed by atoms with Gasteiger partial charge in [-0.1, -0.05) is 27.7 Å². The van der Waals surface area contributed by atoms with E-state index in [0.717, 1.165) is 25.7 Å². The zero-order valence-corrected chi connectivity index (χ0v) is 14.3. The first-order valence-corrected chi connectivity index (χ1v) is 8.73. The minimum Gasteiger partial charge on any atom is -0.465 e. The van der Waals surface area contributed by atoms with Gasteiger partial charge in [0.15, 0.2) is 0 Å². The molecule has 0 aliphatic heterocycles. The summed E-state index contributed by atoms with van der Waals surface area (Å²) < 4.78 is 10.9. The first-order chi connectivity index (χ1) is 10.4. The summed E-state index contributed by atoms with van der Waals surface area (Å²) in [5, 5.41) is 0. The van der Waals surface area contributed by atoms with Crippen LogP contribution in [0.1, 0.15) is 53.4 Å².